The first-order chi connectivity index (χ1) is 6.79. The molecule has 2 aliphatic rings. The molecular formula is C12H14O2. The van der Waals surface area contributed by atoms with E-state index in [-0.39, 0.29) is 11.8 Å². The summed E-state index contributed by atoms with van der Waals surface area (Å²) in [6.45, 7) is 0. The standard InChI is InChI=1S/C12H14O2/c13-11(9-5-1-2-6-9)12(14)10-7-3-4-8-10/h1-14H. The molecular weight excluding hydrogens is 176 g/mol. The molecule has 2 nitrogen and oxygen atoms in total. The summed E-state index contributed by atoms with van der Waals surface area (Å²) in [6, 6.07) is 0. The van der Waals surface area contributed by atoms with Gasteiger partial charge >= 0.3 is 0 Å². The van der Waals surface area contributed by atoms with Crippen molar-refractivity contribution in [2.75, 3.05) is 0 Å². The average Bonchev–Trinajstić information content (AvgIpc) is 2.87. The fourth-order valence-electron chi connectivity index (χ4n) is 1.81. The smallest absolute Gasteiger partial charge is 0.0905 e. The quantitative estimate of drug-likeness (QED) is 0.702. The molecule has 0 aromatic heterocycles. The molecule has 74 valence electrons. The molecule has 0 bridgehead atoms. The maximum atomic E-state index is 9.86. The zero-order valence-corrected chi connectivity index (χ0v) is 7.82. The van der Waals surface area contributed by atoms with Gasteiger partial charge in [0.15, 0.2) is 0 Å². The van der Waals surface area contributed by atoms with Crippen LogP contribution in [0.2, 0.25) is 0 Å². The van der Waals surface area contributed by atoms with E-state index in [4.69, 9.17) is 0 Å². The molecule has 0 aromatic carbocycles. The lowest BCUT2D eigenvalue weighted by Gasteiger charge is -2.24. The Hall–Kier alpha value is -1.12. The van der Waals surface area contributed by atoms with Crippen molar-refractivity contribution >= 4 is 0 Å². The lowest BCUT2D eigenvalue weighted by atomic mass is 9.91. The Morgan fingerprint density at radius 1 is 0.643 bits per heavy atom. The van der Waals surface area contributed by atoms with Gasteiger partial charge in [0.05, 0.1) is 12.2 Å². The summed E-state index contributed by atoms with van der Waals surface area (Å²) in [5, 5.41) is 19.7. The average molecular weight is 190 g/mol. The van der Waals surface area contributed by atoms with Crippen molar-refractivity contribution in [1.82, 2.24) is 0 Å². The number of rotatable bonds is 3. The highest BCUT2D eigenvalue weighted by atomic mass is 16.3. The zero-order valence-electron chi connectivity index (χ0n) is 7.82. The Morgan fingerprint density at radius 3 is 1.21 bits per heavy atom. The Labute approximate surface area is 83.6 Å². The van der Waals surface area contributed by atoms with Crippen LogP contribution in [0.25, 0.3) is 0 Å². The van der Waals surface area contributed by atoms with E-state index >= 15 is 0 Å². The SMILES string of the molecule is OC(C1C=CC=C1)C(O)C1C=CC=C1. The van der Waals surface area contributed by atoms with Gasteiger partial charge in [-0.3, -0.25) is 0 Å². The van der Waals surface area contributed by atoms with Crippen LogP contribution in [-0.4, -0.2) is 22.4 Å². The van der Waals surface area contributed by atoms with Crippen LogP contribution in [0.3, 0.4) is 0 Å². The topological polar surface area (TPSA) is 40.5 Å². The lowest BCUT2D eigenvalue weighted by Crippen LogP contribution is -2.35. The van der Waals surface area contributed by atoms with Crippen molar-refractivity contribution in [3.8, 4) is 0 Å². The summed E-state index contributed by atoms with van der Waals surface area (Å²) in [5.41, 5.74) is 0. The highest BCUT2D eigenvalue weighted by molar-refractivity contribution is 5.23. The van der Waals surface area contributed by atoms with Crippen molar-refractivity contribution < 1.29 is 10.2 Å². The number of hydrogen-bond donors (Lipinski definition) is 2. The minimum absolute atomic E-state index is 0.0487. The third kappa shape index (κ3) is 1.72. The molecule has 14 heavy (non-hydrogen) atoms. The minimum Gasteiger partial charge on any atom is -0.389 e. The van der Waals surface area contributed by atoms with E-state index < -0.39 is 12.2 Å². The number of aliphatic hydroxyl groups is 2. The molecule has 0 aromatic rings. The maximum absolute atomic E-state index is 9.86. The van der Waals surface area contributed by atoms with E-state index in [0.29, 0.717) is 0 Å². The van der Waals surface area contributed by atoms with Crippen LogP contribution in [0.5, 0.6) is 0 Å². The van der Waals surface area contributed by atoms with E-state index in [1.54, 1.807) is 0 Å². The van der Waals surface area contributed by atoms with Gasteiger partial charge in [-0.1, -0.05) is 48.6 Å². The van der Waals surface area contributed by atoms with Crippen LogP contribution in [0.4, 0.5) is 0 Å². The van der Waals surface area contributed by atoms with E-state index in [9.17, 15) is 10.2 Å². The summed E-state index contributed by atoms with van der Waals surface area (Å²) >= 11 is 0. The summed E-state index contributed by atoms with van der Waals surface area (Å²) in [6.07, 6.45) is 13.7. The molecule has 0 spiro atoms. The largest absolute Gasteiger partial charge is 0.389 e. The van der Waals surface area contributed by atoms with Crippen LogP contribution in [0.1, 0.15) is 0 Å². The molecule has 0 aliphatic heterocycles. The predicted molar refractivity (Wildman–Crippen MR) is 55.6 cm³/mol. The van der Waals surface area contributed by atoms with Gasteiger partial charge < -0.3 is 10.2 Å². The van der Waals surface area contributed by atoms with Gasteiger partial charge in [-0.05, 0) is 0 Å². The van der Waals surface area contributed by atoms with Gasteiger partial charge in [0.25, 0.3) is 0 Å². The fourth-order valence-corrected chi connectivity index (χ4v) is 1.81. The zero-order chi connectivity index (χ0) is 9.97. The Kier molecular flexibility index (Phi) is 2.66. The number of aliphatic hydroxyl groups excluding tert-OH is 2. The molecule has 2 aliphatic carbocycles. The number of allylic oxidation sites excluding steroid dienone is 4. The Balaban J connectivity index is 2.00. The van der Waals surface area contributed by atoms with Crippen LogP contribution in [0, 0.1) is 11.8 Å². The molecule has 0 heterocycles. The monoisotopic (exact) mass is 190 g/mol. The van der Waals surface area contributed by atoms with E-state index in [2.05, 4.69) is 0 Å². The highest BCUT2D eigenvalue weighted by Crippen LogP contribution is 2.23. The minimum atomic E-state index is -0.720. The molecule has 0 fully saturated rings. The second kappa shape index (κ2) is 3.95. The lowest BCUT2D eigenvalue weighted by molar-refractivity contribution is -0.00813. The van der Waals surface area contributed by atoms with Gasteiger partial charge in [-0.15, -0.1) is 0 Å². The van der Waals surface area contributed by atoms with Crippen molar-refractivity contribution in [3.63, 3.8) is 0 Å². The molecule has 2 N–H and O–H groups in total. The van der Waals surface area contributed by atoms with Gasteiger partial charge in [-0.25, -0.2) is 0 Å². The summed E-state index contributed by atoms with van der Waals surface area (Å²) in [5.74, 6) is -0.0974. The summed E-state index contributed by atoms with van der Waals surface area (Å²) < 4.78 is 0. The molecule has 2 heteroatoms. The van der Waals surface area contributed by atoms with E-state index in [0.717, 1.165) is 0 Å². The fraction of sp³-hybridized carbons (Fsp3) is 0.333. The van der Waals surface area contributed by atoms with E-state index in [1.165, 1.54) is 0 Å². The molecule has 2 rings (SSSR count). The van der Waals surface area contributed by atoms with Crippen molar-refractivity contribution in [3.05, 3.63) is 48.6 Å². The molecule has 0 amide bonds. The second-order valence-corrected chi connectivity index (χ2v) is 3.68. The van der Waals surface area contributed by atoms with Crippen molar-refractivity contribution in [2.24, 2.45) is 11.8 Å². The van der Waals surface area contributed by atoms with Crippen molar-refractivity contribution in [1.29, 1.82) is 0 Å². The van der Waals surface area contributed by atoms with Gasteiger partial charge in [0, 0.05) is 11.8 Å². The predicted octanol–water partition coefficient (Wildman–Crippen LogP) is 1.19. The van der Waals surface area contributed by atoms with Crippen LogP contribution in [-0.2, 0) is 0 Å². The van der Waals surface area contributed by atoms with Gasteiger partial charge in [-0.2, -0.15) is 0 Å². The Morgan fingerprint density at radius 2 is 0.929 bits per heavy atom. The normalized spacial score (nSPS) is 25.0. The van der Waals surface area contributed by atoms with Crippen LogP contribution < -0.4 is 0 Å². The third-order valence-electron chi connectivity index (χ3n) is 2.69. The summed E-state index contributed by atoms with van der Waals surface area (Å²) in [4.78, 5) is 0. The second-order valence-electron chi connectivity index (χ2n) is 3.68. The van der Waals surface area contributed by atoms with Crippen LogP contribution >= 0.6 is 0 Å². The first kappa shape index (κ1) is 9.44. The Bertz CT molecular complexity index is 256. The first-order valence-electron chi connectivity index (χ1n) is 4.85. The first-order valence-corrected chi connectivity index (χ1v) is 4.85. The highest BCUT2D eigenvalue weighted by Gasteiger charge is 2.28. The van der Waals surface area contributed by atoms with E-state index in [1.807, 2.05) is 48.6 Å². The van der Waals surface area contributed by atoms with Gasteiger partial charge in [0.2, 0.25) is 0 Å². The number of hydrogen-bond acceptors (Lipinski definition) is 2. The molecule has 2 atom stereocenters. The molecule has 0 saturated heterocycles. The maximum Gasteiger partial charge on any atom is 0.0905 e. The molecule has 2 unspecified atom stereocenters. The summed E-state index contributed by atoms with van der Waals surface area (Å²) in [7, 11) is 0. The van der Waals surface area contributed by atoms with Crippen molar-refractivity contribution in [2.45, 2.75) is 12.2 Å². The van der Waals surface area contributed by atoms with Crippen LogP contribution in [0.15, 0.2) is 48.6 Å². The molecule has 0 saturated carbocycles. The van der Waals surface area contributed by atoms with Gasteiger partial charge in [0.1, 0.15) is 0 Å². The molecule has 0 radical (unpaired) electrons. The third-order valence-corrected chi connectivity index (χ3v) is 2.69.